The summed E-state index contributed by atoms with van der Waals surface area (Å²) in [6.07, 6.45) is 3.71. The Morgan fingerprint density at radius 2 is 1.63 bits per heavy atom. The Hall–Kier alpha value is -2.17. The van der Waals surface area contributed by atoms with Gasteiger partial charge < -0.3 is 18.8 Å². The van der Waals surface area contributed by atoms with Crippen molar-refractivity contribution >= 4 is 0 Å². The Kier molecular flexibility index (Phi) is 3.94. The molecule has 2 aromatic rings. The van der Waals surface area contributed by atoms with Crippen LogP contribution in [0.1, 0.15) is 6.92 Å². The summed E-state index contributed by atoms with van der Waals surface area (Å²) >= 11 is 0. The zero-order chi connectivity index (χ0) is 13.8. The van der Waals surface area contributed by atoms with Gasteiger partial charge in [-0.05, 0) is 13.0 Å². The molecule has 2 rings (SSSR count). The molecule has 5 nitrogen and oxygen atoms in total. The second-order valence-corrected chi connectivity index (χ2v) is 3.94. The van der Waals surface area contributed by atoms with Crippen LogP contribution in [0.5, 0.6) is 17.2 Å². The van der Waals surface area contributed by atoms with Crippen molar-refractivity contribution in [1.29, 1.82) is 0 Å². The average molecular weight is 262 g/mol. The molecule has 0 bridgehead atoms. The molecule has 1 aromatic carbocycles. The molecule has 0 aliphatic rings. The van der Waals surface area contributed by atoms with Gasteiger partial charge in [0.15, 0.2) is 11.5 Å². The topological polar surface area (TPSA) is 45.5 Å². The molecular formula is C14H18N2O3. The average Bonchev–Trinajstić information content (AvgIpc) is 2.93. The number of hydrogen-bond acceptors (Lipinski definition) is 4. The molecule has 19 heavy (non-hydrogen) atoms. The monoisotopic (exact) mass is 262 g/mol. The van der Waals surface area contributed by atoms with Crippen LogP contribution in [-0.2, 0) is 6.54 Å². The van der Waals surface area contributed by atoms with Gasteiger partial charge in [0.2, 0.25) is 0 Å². The van der Waals surface area contributed by atoms with E-state index in [1.807, 2.05) is 22.9 Å². The van der Waals surface area contributed by atoms with E-state index in [-0.39, 0.29) is 0 Å². The third-order valence-electron chi connectivity index (χ3n) is 3.00. The largest absolute Gasteiger partial charge is 0.496 e. The van der Waals surface area contributed by atoms with Gasteiger partial charge in [0.05, 0.1) is 26.9 Å². The molecule has 0 fully saturated rings. The molecule has 0 aliphatic carbocycles. The predicted octanol–water partition coefficient (Wildman–Crippen LogP) is 2.60. The fourth-order valence-corrected chi connectivity index (χ4v) is 2.01. The van der Waals surface area contributed by atoms with Gasteiger partial charge in [0.1, 0.15) is 11.6 Å². The first kappa shape index (κ1) is 13.3. The van der Waals surface area contributed by atoms with Gasteiger partial charge >= 0.3 is 0 Å². The molecule has 1 aromatic heterocycles. The zero-order valence-corrected chi connectivity index (χ0v) is 11.6. The third kappa shape index (κ3) is 2.36. The molecule has 0 unspecified atom stereocenters. The molecule has 0 saturated carbocycles. The summed E-state index contributed by atoms with van der Waals surface area (Å²) in [6, 6.07) is 3.69. The number of aryl methyl sites for hydroxylation is 1. The molecule has 5 heteroatoms. The van der Waals surface area contributed by atoms with E-state index in [1.165, 1.54) is 0 Å². The lowest BCUT2D eigenvalue weighted by molar-refractivity contribution is 0.349. The van der Waals surface area contributed by atoms with E-state index in [0.717, 1.165) is 17.9 Å². The maximum absolute atomic E-state index is 5.42. The van der Waals surface area contributed by atoms with Gasteiger partial charge in [0.25, 0.3) is 0 Å². The third-order valence-corrected chi connectivity index (χ3v) is 3.00. The van der Waals surface area contributed by atoms with Crippen molar-refractivity contribution < 1.29 is 14.2 Å². The first-order valence-corrected chi connectivity index (χ1v) is 6.06. The highest BCUT2D eigenvalue weighted by Crippen LogP contribution is 2.39. The van der Waals surface area contributed by atoms with Gasteiger partial charge in [-0.15, -0.1) is 0 Å². The van der Waals surface area contributed by atoms with Gasteiger partial charge in [-0.3, -0.25) is 0 Å². The fourth-order valence-electron chi connectivity index (χ4n) is 2.01. The second kappa shape index (κ2) is 5.65. The van der Waals surface area contributed by atoms with E-state index in [4.69, 9.17) is 14.2 Å². The highest BCUT2D eigenvalue weighted by molar-refractivity contribution is 5.70. The van der Waals surface area contributed by atoms with Crippen molar-refractivity contribution in [3.8, 4) is 28.6 Å². The minimum absolute atomic E-state index is 0.637. The van der Waals surface area contributed by atoms with Crippen LogP contribution >= 0.6 is 0 Å². The van der Waals surface area contributed by atoms with Crippen molar-refractivity contribution in [1.82, 2.24) is 9.55 Å². The standard InChI is InChI=1S/C14H18N2O3/c1-5-16-7-6-15-14(16)10-8-12(18-3)13(19-4)9-11(10)17-2/h6-9H,5H2,1-4H3. The summed E-state index contributed by atoms with van der Waals surface area (Å²) in [5.41, 5.74) is 0.881. The fraction of sp³-hybridized carbons (Fsp3) is 0.357. The number of hydrogen-bond donors (Lipinski definition) is 0. The maximum atomic E-state index is 5.42. The van der Waals surface area contributed by atoms with Crippen molar-refractivity contribution in [3.63, 3.8) is 0 Å². The SMILES string of the molecule is CCn1ccnc1-c1cc(OC)c(OC)cc1OC. The summed E-state index contributed by atoms with van der Waals surface area (Å²) in [4.78, 5) is 4.38. The number of imidazole rings is 1. The van der Waals surface area contributed by atoms with Crippen LogP contribution in [0.3, 0.4) is 0 Å². The lowest BCUT2D eigenvalue weighted by atomic mass is 10.1. The minimum atomic E-state index is 0.637. The van der Waals surface area contributed by atoms with Crippen molar-refractivity contribution in [3.05, 3.63) is 24.5 Å². The van der Waals surface area contributed by atoms with Crippen LogP contribution in [-0.4, -0.2) is 30.9 Å². The molecule has 102 valence electrons. The van der Waals surface area contributed by atoms with E-state index in [9.17, 15) is 0 Å². The molecule has 1 heterocycles. The first-order chi connectivity index (χ1) is 9.24. The molecule has 0 radical (unpaired) electrons. The number of aromatic nitrogens is 2. The Balaban J connectivity index is 2.61. The van der Waals surface area contributed by atoms with Gasteiger partial charge in [-0.2, -0.15) is 0 Å². The summed E-state index contributed by atoms with van der Waals surface area (Å²) in [7, 11) is 4.84. The van der Waals surface area contributed by atoms with Crippen molar-refractivity contribution in [2.75, 3.05) is 21.3 Å². The number of rotatable bonds is 5. The minimum Gasteiger partial charge on any atom is -0.496 e. The van der Waals surface area contributed by atoms with Crippen LogP contribution in [0, 0.1) is 0 Å². The van der Waals surface area contributed by atoms with Crippen LogP contribution in [0.4, 0.5) is 0 Å². The molecule has 0 saturated heterocycles. The Morgan fingerprint density at radius 1 is 1.00 bits per heavy atom. The number of benzene rings is 1. The first-order valence-electron chi connectivity index (χ1n) is 6.06. The Morgan fingerprint density at radius 3 is 2.21 bits per heavy atom. The molecule has 0 atom stereocenters. The highest BCUT2D eigenvalue weighted by atomic mass is 16.5. The van der Waals surface area contributed by atoms with Crippen LogP contribution in [0.15, 0.2) is 24.5 Å². The van der Waals surface area contributed by atoms with Crippen molar-refractivity contribution in [2.45, 2.75) is 13.5 Å². The molecule has 0 aliphatic heterocycles. The van der Waals surface area contributed by atoms with Gasteiger partial charge in [0, 0.05) is 25.0 Å². The molecule has 0 N–H and O–H groups in total. The van der Waals surface area contributed by atoms with Crippen LogP contribution < -0.4 is 14.2 Å². The van der Waals surface area contributed by atoms with E-state index in [1.54, 1.807) is 27.5 Å². The normalized spacial score (nSPS) is 10.3. The molecule has 0 amide bonds. The predicted molar refractivity (Wildman–Crippen MR) is 73.0 cm³/mol. The van der Waals surface area contributed by atoms with E-state index >= 15 is 0 Å². The van der Waals surface area contributed by atoms with E-state index in [0.29, 0.717) is 17.2 Å². The lowest BCUT2D eigenvalue weighted by Crippen LogP contribution is -2.00. The molecular weight excluding hydrogens is 244 g/mol. The number of methoxy groups -OCH3 is 3. The quantitative estimate of drug-likeness (QED) is 0.831. The summed E-state index contributed by atoms with van der Waals surface area (Å²) < 4.78 is 18.1. The number of nitrogens with zero attached hydrogens (tertiary/aromatic N) is 2. The van der Waals surface area contributed by atoms with E-state index < -0.39 is 0 Å². The smallest absolute Gasteiger partial charge is 0.164 e. The molecule has 0 spiro atoms. The summed E-state index contributed by atoms with van der Waals surface area (Å²) in [5, 5.41) is 0. The Labute approximate surface area is 112 Å². The van der Waals surface area contributed by atoms with Gasteiger partial charge in [-0.25, -0.2) is 4.98 Å². The summed E-state index contributed by atoms with van der Waals surface area (Å²) in [6.45, 7) is 2.91. The highest BCUT2D eigenvalue weighted by Gasteiger charge is 2.16. The van der Waals surface area contributed by atoms with Crippen LogP contribution in [0.2, 0.25) is 0 Å². The summed E-state index contributed by atoms with van der Waals surface area (Å²) in [5.74, 6) is 2.85. The van der Waals surface area contributed by atoms with Gasteiger partial charge in [-0.1, -0.05) is 0 Å². The maximum Gasteiger partial charge on any atom is 0.164 e. The Bertz CT molecular complexity index is 564. The van der Waals surface area contributed by atoms with Crippen molar-refractivity contribution in [2.24, 2.45) is 0 Å². The zero-order valence-electron chi connectivity index (χ0n) is 11.6. The number of ether oxygens (including phenoxy) is 3. The second-order valence-electron chi connectivity index (χ2n) is 3.94. The van der Waals surface area contributed by atoms with Crippen LogP contribution in [0.25, 0.3) is 11.4 Å². The lowest BCUT2D eigenvalue weighted by Gasteiger charge is -2.14. The van der Waals surface area contributed by atoms with E-state index in [2.05, 4.69) is 11.9 Å².